The molecule has 0 radical (unpaired) electrons. The summed E-state index contributed by atoms with van der Waals surface area (Å²) in [6, 6.07) is 7.36. The number of hydrazone groups is 1. The van der Waals surface area contributed by atoms with Gasteiger partial charge in [-0.2, -0.15) is 5.10 Å². The molecule has 7 nitrogen and oxygen atoms in total. The van der Waals surface area contributed by atoms with Crippen LogP contribution in [-0.2, 0) is 0 Å². The lowest BCUT2D eigenvalue weighted by Crippen LogP contribution is -2.45. The molecule has 3 rings (SSSR count). The molecule has 142 valence electrons. The number of hydrogen-bond acceptors (Lipinski definition) is 6. The maximum Gasteiger partial charge on any atom is 0.287 e. The average Bonchev–Trinajstić information content (AvgIpc) is 2.61. The molecule has 2 heterocycles. The van der Waals surface area contributed by atoms with Gasteiger partial charge in [0.1, 0.15) is 12.0 Å². The normalized spacial score (nSPS) is 18.4. The molecule has 0 saturated carbocycles. The molecule has 0 fully saturated rings. The van der Waals surface area contributed by atoms with E-state index in [2.05, 4.69) is 67.3 Å². The van der Waals surface area contributed by atoms with Crippen LogP contribution in [0.5, 0.6) is 0 Å². The van der Waals surface area contributed by atoms with Crippen molar-refractivity contribution in [2.45, 2.75) is 45.6 Å². The van der Waals surface area contributed by atoms with Crippen molar-refractivity contribution < 1.29 is 4.92 Å². The summed E-state index contributed by atoms with van der Waals surface area (Å²) in [4.78, 5) is 16.5. The molecular formula is C20H25N5O2. The second-order valence-corrected chi connectivity index (χ2v) is 7.77. The Kier molecular flexibility index (Phi) is 4.87. The quantitative estimate of drug-likeness (QED) is 0.490. The number of nitrogens with zero attached hydrogens (tertiary/aromatic N) is 4. The Hall–Kier alpha value is -2.96. The smallest absolute Gasteiger partial charge is 0.287 e. The number of pyridine rings is 1. The molecule has 1 aromatic carbocycles. The molecule has 1 atom stereocenters. The molecule has 1 aliphatic rings. The van der Waals surface area contributed by atoms with E-state index in [0.29, 0.717) is 11.7 Å². The zero-order valence-corrected chi connectivity index (χ0v) is 16.4. The van der Waals surface area contributed by atoms with Crippen LogP contribution in [0.1, 0.15) is 49.8 Å². The number of anilines is 2. The zero-order valence-electron chi connectivity index (χ0n) is 16.4. The lowest BCUT2D eigenvalue weighted by atomic mass is 9.79. The van der Waals surface area contributed by atoms with Crippen LogP contribution in [-0.4, -0.2) is 28.7 Å². The van der Waals surface area contributed by atoms with Gasteiger partial charge in [-0.3, -0.25) is 15.5 Å². The van der Waals surface area contributed by atoms with Gasteiger partial charge in [-0.1, -0.05) is 6.92 Å². The Bertz CT molecular complexity index is 890. The average molecular weight is 367 g/mol. The molecule has 1 unspecified atom stereocenters. The van der Waals surface area contributed by atoms with Crippen molar-refractivity contribution in [2.24, 2.45) is 5.10 Å². The van der Waals surface area contributed by atoms with Crippen LogP contribution in [0, 0.1) is 17.0 Å². The van der Waals surface area contributed by atoms with Gasteiger partial charge in [0, 0.05) is 24.3 Å². The number of nitrogens with one attached hydrogen (secondary N) is 1. The van der Waals surface area contributed by atoms with Gasteiger partial charge in [0.05, 0.1) is 11.1 Å². The lowest BCUT2D eigenvalue weighted by molar-refractivity contribution is -0.385. The van der Waals surface area contributed by atoms with Crippen LogP contribution in [0.4, 0.5) is 17.2 Å². The third-order valence-electron chi connectivity index (χ3n) is 5.36. The van der Waals surface area contributed by atoms with Gasteiger partial charge in [0.25, 0.3) is 5.69 Å². The summed E-state index contributed by atoms with van der Waals surface area (Å²) in [5, 5.41) is 14.9. The minimum Gasteiger partial charge on any atom is -0.369 e. The minimum absolute atomic E-state index is 0.0453. The third-order valence-corrected chi connectivity index (χ3v) is 5.36. The zero-order chi connectivity index (χ0) is 19.8. The molecule has 0 bridgehead atoms. The predicted molar refractivity (Wildman–Crippen MR) is 109 cm³/mol. The fourth-order valence-electron chi connectivity index (χ4n) is 3.60. The molecule has 0 amide bonds. The highest BCUT2D eigenvalue weighted by Crippen LogP contribution is 2.43. The SMILES string of the molecule is Cc1cc2c(cc1/C=N/Nc1ccc([N+](=O)[O-])cn1)C(C)CC(C)(C)N2C. The molecule has 0 spiro atoms. The van der Waals surface area contributed by atoms with Gasteiger partial charge in [-0.05, 0) is 68.0 Å². The van der Waals surface area contributed by atoms with Gasteiger partial charge in [-0.25, -0.2) is 4.98 Å². The molecule has 27 heavy (non-hydrogen) atoms. The summed E-state index contributed by atoms with van der Waals surface area (Å²) in [5.74, 6) is 0.936. The number of benzene rings is 1. The van der Waals surface area contributed by atoms with E-state index >= 15 is 0 Å². The van der Waals surface area contributed by atoms with Gasteiger partial charge in [-0.15, -0.1) is 0 Å². The summed E-state index contributed by atoms with van der Waals surface area (Å²) in [6.45, 7) is 8.89. The highest BCUT2D eigenvalue weighted by Gasteiger charge is 2.34. The Morgan fingerprint density at radius 2 is 2.15 bits per heavy atom. The Balaban J connectivity index is 1.81. The Morgan fingerprint density at radius 1 is 1.41 bits per heavy atom. The van der Waals surface area contributed by atoms with Crippen molar-refractivity contribution in [3.8, 4) is 0 Å². The van der Waals surface area contributed by atoms with Crippen LogP contribution in [0.25, 0.3) is 0 Å². The number of hydrogen-bond donors (Lipinski definition) is 1. The standard InChI is InChI=1S/C20H25N5O2/c1-13-8-18-17(14(2)10-20(3,4)24(18)5)9-15(13)11-22-23-19-7-6-16(12-21-19)25(26)27/h6-9,11-12,14H,10H2,1-5H3,(H,21,23)/b22-11+. The van der Waals surface area contributed by atoms with E-state index in [1.54, 1.807) is 6.21 Å². The minimum atomic E-state index is -0.476. The van der Waals surface area contributed by atoms with Gasteiger partial charge in [0.2, 0.25) is 0 Å². The van der Waals surface area contributed by atoms with Crippen molar-refractivity contribution in [1.29, 1.82) is 0 Å². The maximum absolute atomic E-state index is 10.7. The maximum atomic E-state index is 10.7. The second-order valence-electron chi connectivity index (χ2n) is 7.77. The molecule has 1 N–H and O–H groups in total. The van der Waals surface area contributed by atoms with E-state index in [-0.39, 0.29) is 11.2 Å². The third kappa shape index (κ3) is 3.77. The fourth-order valence-corrected chi connectivity index (χ4v) is 3.60. The number of nitro groups is 1. The van der Waals surface area contributed by atoms with E-state index < -0.39 is 4.92 Å². The monoisotopic (exact) mass is 367 g/mol. The Labute approximate surface area is 159 Å². The first kappa shape index (κ1) is 18.8. The van der Waals surface area contributed by atoms with Gasteiger partial charge < -0.3 is 4.90 Å². The molecule has 1 aliphatic heterocycles. The lowest BCUT2D eigenvalue weighted by Gasteiger charge is -2.45. The van der Waals surface area contributed by atoms with Gasteiger partial charge >= 0.3 is 0 Å². The fraction of sp³-hybridized carbons (Fsp3) is 0.400. The largest absolute Gasteiger partial charge is 0.369 e. The van der Waals surface area contributed by atoms with Crippen molar-refractivity contribution in [2.75, 3.05) is 17.4 Å². The van der Waals surface area contributed by atoms with Gasteiger partial charge in [0.15, 0.2) is 0 Å². The van der Waals surface area contributed by atoms with Crippen LogP contribution in [0.2, 0.25) is 0 Å². The first-order valence-corrected chi connectivity index (χ1v) is 8.97. The van der Waals surface area contributed by atoms with Crippen molar-refractivity contribution in [3.05, 3.63) is 57.3 Å². The molecule has 2 aromatic rings. The van der Waals surface area contributed by atoms with Crippen molar-refractivity contribution >= 4 is 23.4 Å². The molecule has 1 aromatic heterocycles. The Morgan fingerprint density at radius 3 is 2.78 bits per heavy atom. The van der Waals surface area contributed by atoms with Crippen LogP contribution >= 0.6 is 0 Å². The first-order chi connectivity index (χ1) is 12.7. The van der Waals surface area contributed by atoms with Crippen molar-refractivity contribution in [3.63, 3.8) is 0 Å². The molecule has 0 aliphatic carbocycles. The molecule has 0 saturated heterocycles. The summed E-state index contributed by atoms with van der Waals surface area (Å²) < 4.78 is 0. The summed E-state index contributed by atoms with van der Waals surface area (Å²) >= 11 is 0. The number of aryl methyl sites for hydroxylation is 1. The highest BCUT2D eigenvalue weighted by molar-refractivity contribution is 5.84. The highest BCUT2D eigenvalue weighted by atomic mass is 16.6. The number of fused-ring (bicyclic) bond motifs is 1. The topological polar surface area (TPSA) is 83.7 Å². The van der Waals surface area contributed by atoms with Crippen LogP contribution < -0.4 is 10.3 Å². The van der Waals surface area contributed by atoms with E-state index in [9.17, 15) is 10.1 Å². The molecular weight excluding hydrogens is 342 g/mol. The summed E-state index contributed by atoms with van der Waals surface area (Å²) in [6.07, 6.45) is 4.08. The summed E-state index contributed by atoms with van der Waals surface area (Å²) in [5.41, 5.74) is 7.71. The second kappa shape index (κ2) is 6.98. The van der Waals surface area contributed by atoms with Crippen LogP contribution in [0.15, 0.2) is 35.6 Å². The molecule has 7 heteroatoms. The van der Waals surface area contributed by atoms with E-state index in [0.717, 1.165) is 17.5 Å². The van der Waals surface area contributed by atoms with E-state index in [1.807, 2.05) is 0 Å². The number of aromatic nitrogens is 1. The van der Waals surface area contributed by atoms with Crippen LogP contribution in [0.3, 0.4) is 0 Å². The predicted octanol–water partition coefficient (Wildman–Crippen LogP) is 4.47. The van der Waals surface area contributed by atoms with E-state index in [1.165, 1.54) is 29.6 Å². The van der Waals surface area contributed by atoms with E-state index in [4.69, 9.17) is 0 Å². The summed E-state index contributed by atoms with van der Waals surface area (Å²) in [7, 11) is 2.15. The van der Waals surface area contributed by atoms with Crippen molar-refractivity contribution in [1.82, 2.24) is 4.98 Å². The number of rotatable bonds is 4. The first-order valence-electron chi connectivity index (χ1n) is 8.97.